The van der Waals surface area contributed by atoms with Crippen LogP contribution in [0.5, 0.6) is 5.75 Å². The zero-order chi connectivity index (χ0) is 18.2. The Kier molecular flexibility index (Phi) is 4.43. The van der Waals surface area contributed by atoms with Crippen molar-refractivity contribution in [1.82, 2.24) is 0 Å². The number of hydrogen-bond donors (Lipinski definition) is 1. The van der Waals surface area contributed by atoms with Crippen molar-refractivity contribution in [2.75, 3.05) is 23.9 Å². The molecule has 0 bridgehead atoms. The number of halogens is 1. The van der Waals surface area contributed by atoms with Gasteiger partial charge in [-0.15, -0.1) is 0 Å². The van der Waals surface area contributed by atoms with E-state index in [1.54, 1.807) is 54.4 Å². The van der Waals surface area contributed by atoms with Crippen molar-refractivity contribution in [2.24, 2.45) is 5.41 Å². The van der Waals surface area contributed by atoms with Gasteiger partial charge in [-0.3, -0.25) is 9.59 Å². The highest BCUT2D eigenvalue weighted by atomic mass is 35.5. The number of amides is 2. The van der Waals surface area contributed by atoms with E-state index in [0.717, 1.165) is 0 Å². The van der Waals surface area contributed by atoms with Gasteiger partial charge in [0.15, 0.2) is 0 Å². The van der Waals surface area contributed by atoms with E-state index < -0.39 is 5.41 Å². The van der Waals surface area contributed by atoms with Crippen LogP contribution in [0.3, 0.4) is 0 Å². The van der Waals surface area contributed by atoms with Crippen LogP contribution in [0.1, 0.15) is 24.2 Å². The molecule has 2 aromatic rings. The van der Waals surface area contributed by atoms with Gasteiger partial charge in [-0.2, -0.15) is 0 Å². The second kappa shape index (κ2) is 6.41. The van der Waals surface area contributed by atoms with Crippen LogP contribution < -0.4 is 15.0 Å². The highest BCUT2D eigenvalue weighted by molar-refractivity contribution is 6.30. The van der Waals surface area contributed by atoms with Crippen LogP contribution in [0.2, 0.25) is 5.02 Å². The highest BCUT2D eigenvalue weighted by Crippen LogP contribution is 2.37. The summed E-state index contributed by atoms with van der Waals surface area (Å²) >= 11 is 5.84. The minimum atomic E-state index is -0.611. The maximum Gasteiger partial charge on any atom is 0.255 e. The molecule has 0 saturated carbocycles. The number of rotatable bonds is 2. The van der Waals surface area contributed by atoms with Crippen LogP contribution in [0, 0.1) is 5.41 Å². The van der Waals surface area contributed by atoms with Gasteiger partial charge in [0.1, 0.15) is 12.4 Å². The fraction of sp³-hybridized carbons (Fsp3) is 0.263. The molecule has 1 aliphatic rings. The van der Waals surface area contributed by atoms with Crippen molar-refractivity contribution in [3.63, 3.8) is 0 Å². The Morgan fingerprint density at radius 3 is 2.56 bits per heavy atom. The number of anilines is 2. The first-order chi connectivity index (χ1) is 11.8. The number of benzene rings is 2. The van der Waals surface area contributed by atoms with Crippen LogP contribution in [0.4, 0.5) is 11.4 Å². The Balaban J connectivity index is 1.86. The molecule has 0 aromatic heterocycles. The largest absolute Gasteiger partial charge is 0.490 e. The van der Waals surface area contributed by atoms with E-state index in [4.69, 9.17) is 16.3 Å². The van der Waals surface area contributed by atoms with Crippen molar-refractivity contribution < 1.29 is 14.3 Å². The first kappa shape index (κ1) is 17.3. The summed E-state index contributed by atoms with van der Waals surface area (Å²) in [6.07, 6.45) is 0. The average Bonchev–Trinajstić information content (AvgIpc) is 2.66. The van der Waals surface area contributed by atoms with Gasteiger partial charge in [0.25, 0.3) is 5.91 Å². The quantitative estimate of drug-likeness (QED) is 0.883. The standard InChI is InChI=1S/C19H19ClN2O3/c1-19(2)11-25-16-9-8-14(10-15(16)22(3)18(19)24)21-17(23)12-4-6-13(20)7-5-12/h4-10H,11H2,1-3H3,(H,21,23). The third-order valence-electron chi connectivity index (χ3n) is 4.16. The maximum atomic E-state index is 12.6. The molecule has 1 heterocycles. The zero-order valence-corrected chi connectivity index (χ0v) is 15.1. The fourth-order valence-corrected chi connectivity index (χ4v) is 2.79. The Morgan fingerprint density at radius 2 is 1.88 bits per heavy atom. The van der Waals surface area contributed by atoms with Crippen LogP contribution in [0.15, 0.2) is 42.5 Å². The number of hydrogen-bond acceptors (Lipinski definition) is 3. The molecule has 0 spiro atoms. The van der Waals surface area contributed by atoms with E-state index in [0.29, 0.717) is 34.3 Å². The molecule has 5 nitrogen and oxygen atoms in total. The molecule has 0 saturated heterocycles. The number of carbonyl (C=O) groups is 2. The van der Waals surface area contributed by atoms with Gasteiger partial charge < -0.3 is 15.0 Å². The van der Waals surface area contributed by atoms with Crippen molar-refractivity contribution in [3.05, 3.63) is 53.1 Å². The predicted octanol–water partition coefficient (Wildman–Crippen LogP) is 3.97. The molecule has 0 atom stereocenters. The molecule has 25 heavy (non-hydrogen) atoms. The van der Waals surface area contributed by atoms with Crippen LogP contribution in [-0.2, 0) is 4.79 Å². The molecule has 0 fully saturated rings. The summed E-state index contributed by atoms with van der Waals surface area (Å²) in [6.45, 7) is 4.00. The molecular weight excluding hydrogens is 340 g/mol. The molecule has 1 N–H and O–H groups in total. The Bertz CT molecular complexity index is 831. The van der Waals surface area contributed by atoms with Gasteiger partial charge in [-0.25, -0.2) is 0 Å². The van der Waals surface area contributed by atoms with E-state index in [1.165, 1.54) is 0 Å². The smallest absolute Gasteiger partial charge is 0.255 e. The first-order valence-corrected chi connectivity index (χ1v) is 8.28. The van der Waals surface area contributed by atoms with E-state index in [-0.39, 0.29) is 11.8 Å². The molecule has 2 amide bonds. The Labute approximate surface area is 151 Å². The summed E-state index contributed by atoms with van der Waals surface area (Å²) in [5.41, 5.74) is 1.10. The van der Waals surface area contributed by atoms with Crippen LogP contribution in [0.25, 0.3) is 0 Å². The van der Waals surface area contributed by atoms with Gasteiger partial charge >= 0.3 is 0 Å². The van der Waals surface area contributed by atoms with E-state index in [2.05, 4.69) is 5.32 Å². The monoisotopic (exact) mass is 358 g/mol. The number of nitrogens with one attached hydrogen (secondary N) is 1. The summed E-state index contributed by atoms with van der Waals surface area (Å²) < 4.78 is 5.77. The number of carbonyl (C=O) groups excluding carboxylic acids is 2. The molecule has 1 aliphatic heterocycles. The third kappa shape index (κ3) is 3.46. The molecule has 0 unspecified atom stereocenters. The van der Waals surface area contributed by atoms with E-state index in [1.807, 2.05) is 13.8 Å². The Hall–Kier alpha value is -2.53. The van der Waals surface area contributed by atoms with Gasteiger partial charge in [0, 0.05) is 23.3 Å². The maximum absolute atomic E-state index is 12.6. The van der Waals surface area contributed by atoms with Crippen molar-refractivity contribution in [3.8, 4) is 5.75 Å². The lowest BCUT2D eigenvalue weighted by Crippen LogP contribution is -2.39. The predicted molar refractivity (Wildman–Crippen MR) is 98.5 cm³/mol. The minimum Gasteiger partial charge on any atom is -0.490 e. The van der Waals surface area contributed by atoms with Crippen molar-refractivity contribution >= 4 is 34.8 Å². The zero-order valence-electron chi connectivity index (χ0n) is 14.3. The van der Waals surface area contributed by atoms with Gasteiger partial charge in [0.05, 0.1) is 11.1 Å². The van der Waals surface area contributed by atoms with Crippen LogP contribution >= 0.6 is 11.6 Å². The highest BCUT2D eigenvalue weighted by Gasteiger charge is 2.36. The molecule has 3 rings (SSSR count). The number of nitrogens with zero attached hydrogens (tertiary/aromatic N) is 1. The summed E-state index contributed by atoms with van der Waals surface area (Å²) in [5.74, 6) is 0.332. The molecule has 6 heteroatoms. The molecule has 130 valence electrons. The van der Waals surface area contributed by atoms with Crippen molar-refractivity contribution in [2.45, 2.75) is 13.8 Å². The van der Waals surface area contributed by atoms with E-state index >= 15 is 0 Å². The average molecular weight is 359 g/mol. The normalized spacial score (nSPS) is 15.8. The van der Waals surface area contributed by atoms with Gasteiger partial charge in [-0.05, 0) is 56.3 Å². The topological polar surface area (TPSA) is 58.6 Å². The SMILES string of the molecule is CN1C(=O)C(C)(C)COc2ccc(NC(=O)c3ccc(Cl)cc3)cc21. The summed E-state index contributed by atoms with van der Waals surface area (Å²) in [5, 5.41) is 3.40. The summed E-state index contributed by atoms with van der Waals surface area (Å²) in [6, 6.07) is 11.9. The van der Waals surface area contributed by atoms with Crippen LogP contribution in [-0.4, -0.2) is 25.5 Å². The first-order valence-electron chi connectivity index (χ1n) is 7.90. The molecule has 2 aromatic carbocycles. The number of fused-ring (bicyclic) bond motifs is 1. The molecular formula is C19H19ClN2O3. The lowest BCUT2D eigenvalue weighted by molar-refractivity contribution is -0.127. The fourth-order valence-electron chi connectivity index (χ4n) is 2.67. The molecule has 0 radical (unpaired) electrons. The second-order valence-corrected chi connectivity index (χ2v) is 7.12. The summed E-state index contributed by atoms with van der Waals surface area (Å²) in [7, 11) is 1.71. The molecule has 0 aliphatic carbocycles. The lowest BCUT2D eigenvalue weighted by Gasteiger charge is -2.24. The number of ether oxygens (including phenoxy) is 1. The van der Waals surface area contributed by atoms with Crippen molar-refractivity contribution in [1.29, 1.82) is 0 Å². The minimum absolute atomic E-state index is 0.0348. The van der Waals surface area contributed by atoms with Gasteiger partial charge in [-0.1, -0.05) is 11.6 Å². The second-order valence-electron chi connectivity index (χ2n) is 6.68. The third-order valence-corrected chi connectivity index (χ3v) is 4.41. The van der Waals surface area contributed by atoms with Gasteiger partial charge in [0.2, 0.25) is 5.91 Å². The summed E-state index contributed by atoms with van der Waals surface area (Å²) in [4.78, 5) is 26.5. The van der Waals surface area contributed by atoms with E-state index in [9.17, 15) is 9.59 Å². The Morgan fingerprint density at radius 1 is 1.20 bits per heavy atom. The lowest BCUT2D eigenvalue weighted by atomic mass is 9.93.